The molecule has 0 amide bonds. The van der Waals surface area contributed by atoms with E-state index >= 15 is 0 Å². The Morgan fingerprint density at radius 3 is 2.96 bits per heavy atom. The molecule has 0 aliphatic carbocycles. The van der Waals surface area contributed by atoms with E-state index in [9.17, 15) is 0 Å². The van der Waals surface area contributed by atoms with Gasteiger partial charge in [-0.2, -0.15) is 0 Å². The lowest BCUT2D eigenvalue weighted by Gasteiger charge is -2.28. The first-order valence-electron chi connectivity index (χ1n) is 8.88. The van der Waals surface area contributed by atoms with Gasteiger partial charge in [-0.1, -0.05) is 6.07 Å². The number of piperidine rings is 1. The van der Waals surface area contributed by atoms with Gasteiger partial charge >= 0.3 is 0 Å². The predicted octanol–water partition coefficient (Wildman–Crippen LogP) is 4.77. The fourth-order valence-corrected chi connectivity index (χ4v) is 4.66. The summed E-state index contributed by atoms with van der Waals surface area (Å²) in [5.41, 5.74) is 4.48. The van der Waals surface area contributed by atoms with Gasteiger partial charge < -0.3 is 14.3 Å². The standard InChI is InChI=1S/C20H21N3OS/c1-23-8-6-13(7-9-23)15-12-21-16-4-5-17-20(19(15)16)22-18(24-17)11-14-3-2-10-25-14/h2-5,10,12-13,21H,6-9,11H2,1H3. The number of aromatic nitrogens is 2. The lowest BCUT2D eigenvalue weighted by molar-refractivity contribution is 0.256. The SMILES string of the molecule is CN1CCC(c2c[nH]c3ccc4oc(Cc5cccs5)nc4c23)CC1. The summed E-state index contributed by atoms with van der Waals surface area (Å²) >= 11 is 1.75. The Morgan fingerprint density at radius 2 is 2.16 bits per heavy atom. The molecule has 5 heteroatoms. The number of hydrogen-bond donors (Lipinski definition) is 1. The number of rotatable bonds is 3. The molecule has 1 fully saturated rings. The molecule has 4 nitrogen and oxygen atoms in total. The highest BCUT2D eigenvalue weighted by Crippen LogP contribution is 2.36. The molecular formula is C20H21N3OS. The molecule has 0 saturated carbocycles. The Morgan fingerprint density at radius 1 is 1.28 bits per heavy atom. The number of thiophene rings is 1. The normalized spacial score (nSPS) is 17.0. The van der Waals surface area contributed by atoms with Crippen LogP contribution in [0, 0.1) is 0 Å². The van der Waals surface area contributed by atoms with Gasteiger partial charge in [0.15, 0.2) is 5.58 Å². The Hall–Kier alpha value is -2.11. The smallest absolute Gasteiger partial charge is 0.200 e. The highest BCUT2D eigenvalue weighted by Gasteiger charge is 2.23. The van der Waals surface area contributed by atoms with Gasteiger partial charge in [0.2, 0.25) is 5.89 Å². The molecule has 1 aliphatic heterocycles. The summed E-state index contributed by atoms with van der Waals surface area (Å²) < 4.78 is 6.05. The van der Waals surface area contributed by atoms with Crippen molar-refractivity contribution in [3.05, 3.63) is 52.2 Å². The van der Waals surface area contributed by atoms with Crippen LogP contribution in [0.4, 0.5) is 0 Å². The van der Waals surface area contributed by atoms with Crippen molar-refractivity contribution in [3.8, 4) is 0 Å². The van der Waals surface area contributed by atoms with Crippen molar-refractivity contribution < 1.29 is 4.42 Å². The number of nitrogens with zero attached hydrogens (tertiary/aromatic N) is 2. The fourth-order valence-electron chi connectivity index (χ4n) is 3.96. The van der Waals surface area contributed by atoms with Crippen LogP contribution in [0.25, 0.3) is 22.0 Å². The van der Waals surface area contributed by atoms with Crippen molar-refractivity contribution >= 4 is 33.3 Å². The van der Waals surface area contributed by atoms with Crippen LogP contribution >= 0.6 is 11.3 Å². The Kier molecular flexibility index (Phi) is 3.64. The Labute approximate surface area is 150 Å². The van der Waals surface area contributed by atoms with E-state index in [0.717, 1.165) is 42.0 Å². The number of hydrogen-bond acceptors (Lipinski definition) is 4. The minimum absolute atomic E-state index is 0.605. The molecule has 1 N–H and O–H groups in total. The van der Waals surface area contributed by atoms with E-state index < -0.39 is 0 Å². The first kappa shape index (κ1) is 15.2. The summed E-state index contributed by atoms with van der Waals surface area (Å²) in [6.07, 6.45) is 5.37. The molecule has 0 unspecified atom stereocenters. The molecule has 1 aromatic carbocycles. The van der Waals surface area contributed by atoms with E-state index in [0.29, 0.717) is 5.92 Å². The lowest BCUT2D eigenvalue weighted by atomic mass is 9.89. The van der Waals surface area contributed by atoms with E-state index in [1.165, 1.54) is 28.7 Å². The molecule has 0 spiro atoms. The molecular weight excluding hydrogens is 330 g/mol. The molecule has 0 radical (unpaired) electrons. The number of nitrogens with one attached hydrogen (secondary N) is 1. The molecule has 3 aromatic heterocycles. The van der Waals surface area contributed by atoms with Gasteiger partial charge in [0.05, 0.1) is 6.42 Å². The molecule has 25 heavy (non-hydrogen) atoms. The number of H-pyrrole nitrogens is 1. The van der Waals surface area contributed by atoms with Crippen LogP contribution in [0.5, 0.6) is 0 Å². The number of likely N-dealkylation sites (tertiary alicyclic amines) is 1. The van der Waals surface area contributed by atoms with Crippen LogP contribution in [0.15, 0.2) is 40.3 Å². The van der Waals surface area contributed by atoms with Gasteiger partial charge in [0.1, 0.15) is 5.52 Å². The zero-order valence-corrected chi connectivity index (χ0v) is 15.1. The van der Waals surface area contributed by atoms with Gasteiger partial charge in [-0.3, -0.25) is 0 Å². The number of fused-ring (bicyclic) bond motifs is 3. The molecule has 4 aromatic rings. The summed E-state index contributed by atoms with van der Waals surface area (Å²) in [6.45, 7) is 2.32. The third kappa shape index (κ3) is 2.68. The average Bonchev–Trinajstić information content (AvgIpc) is 3.33. The molecule has 4 heterocycles. The van der Waals surface area contributed by atoms with Gasteiger partial charge in [-0.15, -0.1) is 11.3 Å². The van der Waals surface area contributed by atoms with Crippen molar-refractivity contribution in [2.75, 3.05) is 20.1 Å². The minimum Gasteiger partial charge on any atom is -0.440 e. The molecule has 1 aliphatic rings. The maximum absolute atomic E-state index is 6.05. The molecule has 1 saturated heterocycles. The van der Waals surface area contributed by atoms with Crippen molar-refractivity contribution in [3.63, 3.8) is 0 Å². The summed E-state index contributed by atoms with van der Waals surface area (Å²) in [5, 5.41) is 3.36. The summed E-state index contributed by atoms with van der Waals surface area (Å²) in [5.74, 6) is 1.41. The van der Waals surface area contributed by atoms with E-state index in [4.69, 9.17) is 9.40 Å². The van der Waals surface area contributed by atoms with Crippen molar-refractivity contribution in [2.24, 2.45) is 0 Å². The van der Waals surface area contributed by atoms with Crippen LogP contribution in [0.3, 0.4) is 0 Å². The largest absolute Gasteiger partial charge is 0.440 e. The average molecular weight is 351 g/mol. The molecule has 5 rings (SSSR count). The topological polar surface area (TPSA) is 45.1 Å². The zero-order chi connectivity index (χ0) is 16.8. The van der Waals surface area contributed by atoms with Crippen LogP contribution in [0.1, 0.15) is 35.1 Å². The maximum atomic E-state index is 6.05. The van der Waals surface area contributed by atoms with Crippen molar-refractivity contribution in [2.45, 2.75) is 25.2 Å². The second-order valence-corrected chi connectivity index (χ2v) is 8.05. The second kappa shape index (κ2) is 6.00. The van der Waals surface area contributed by atoms with E-state index in [-0.39, 0.29) is 0 Å². The zero-order valence-electron chi connectivity index (χ0n) is 14.3. The monoisotopic (exact) mass is 351 g/mol. The first-order valence-corrected chi connectivity index (χ1v) is 9.76. The third-order valence-corrected chi connectivity index (χ3v) is 6.22. The molecule has 0 bridgehead atoms. The van der Waals surface area contributed by atoms with Crippen LogP contribution in [-0.2, 0) is 6.42 Å². The van der Waals surface area contributed by atoms with Crippen molar-refractivity contribution in [1.29, 1.82) is 0 Å². The van der Waals surface area contributed by atoms with Gasteiger partial charge in [-0.25, -0.2) is 4.98 Å². The minimum atomic E-state index is 0.605. The summed E-state index contributed by atoms with van der Waals surface area (Å²) in [6, 6.07) is 8.37. The first-order chi connectivity index (χ1) is 12.3. The number of benzene rings is 1. The quantitative estimate of drug-likeness (QED) is 0.578. The highest BCUT2D eigenvalue weighted by molar-refractivity contribution is 7.09. The summed E-state index contributed by atoms with van der Waals surface area (Å²) in [7, 11) is 2.21. The Bertz CT molecular complexity index is 1010. The van der Waals surface area contributed by atoms with E-state index in [2.05, 4.69) is 46.7 Å². The van der Waals surface area contributed by atoms with E-state index in [1.54, 1.807) is 11.3 Å². The Balaban J connectivity index is 1.58. The van der Waals surface area contributed by atoms with E-state index in [1.807, 2.05) is 6.07 Å². The second-order valence-electron chi connectivity index (χ2n) is 7.02. The molecule has 128 valence electrons. The predicted molar refractivity (Wildman–Crippen MR) is 102 cm³/mol. The van der Waals surface area contributed by atoms with Crippen LogP contribution in [0.2, 0.25) is 0 Å². The fraction of sp³-hybridized carbons (Fsp3) is 0.350. The van der Waals surface area contributed by atoms with Gasteiger partial charge in [0, 0.05) is 22.0 Å². The van der Waals surface area contributed by atoms with Gasteiger partial charge in [-0.05, 0) is 68.0 Å². The summed E-state index contributed by atoms with van der Waals surface area (Å²) in [4.78, 5) is 12.0. The van der Waals surface area contributed by atoms with Crippen LogP contribution in [-0.4, -0.2) is 35.0 Å². The van der Waals surface area contributed by atoms with Gasteiger partial charge in [0.25, 0.3) is 0 Å². The lowest BCUT2D eigenvalue weighted by Crippen LogP contribution is -2.29. The maximum Gasteiger partial charge on any atom is 0.200 e. The number of aromatic amines is 1. The van der Waals surface area contributed by atoms with Crippen molar-refractivity contribution in [1.82, 2.24) is 14.9 Å². The molecule has 0 atom stereocenters. The number of oxazole rings is 1. The van der Waals surface area contributed by atoms with Crippen LogP contribution < -0.4 is 0 Å². The highest BCUT2D eigenvalue weighted by atomic mass is 32.1. The third-order valence-electron chi connectivity index (χ3n) is 5.34.